The lowest BCUT2D eigenvalue weighted by molar-refractivity contribution is -0.163. The van der Waals surface area contributed by atoms with Crippen molar-refractivity contribution in [3.8, 4) is 0 Å². The molecule has 0 saturated carbocycles. The second-order valence-electron chi connectivity index (χ2n) is 3.44. The Morgan fingerprint density at radius 2 is 2.21 bits per heavy atom. The van der Waals surface area contributed by atoms with Gasteiger partial charge in [-0.2, -0.15) is 0 Å². The summed E-state index contributed by atoms with van der Waals surface area (Å²) in [6.07, 6.45) is 2.53. The molecule has 5 nitrogen and oxygen atoms in total. The Labute approximate surface area is 82.4 Å². The lowest BCUT2D eigenvalue weighted by Gasteiger charge is -2.23. The molecule has 0 aromatic heterocycles. The second kappa shape index (κ2) is 4.95. The van der Waals surface area contributed by atoms with Gasteiger partial charge in [0.25, 0.3) is 0 Å². The number of esters is 1. The van der Waals surface area contributed by atoms with E-state index in [2.05, 4.69) is 5.32 Å². The zero-order valence-corrected chi connectivity index (χ0v) is 8.16. The number of hydrogen-bond acceptors (Lipinski definition) is 4. The summed E-state index contributed by atoms with van der Waals surface area (Å²) in [5, 5.41) is 11.6. The van der Waals surface area contributed by atoms with Gasteiger partial charge in [-0.1, -0.05) is 0 Å². The molecule has 14 heavy (non-hydrogen) atoms. The fourth-order valence-corrected chi connectivity index (χ4v) is 1.26. The molecule has 2 N–H and O–H groups in total. The van der Waals surface area contributed by atoms with Crippen molar-refractivity contribution in [3.05, 3.63) is 0 Å². The first-order valence-electron chi connectivity index (χ1n) is 4.78. The van der Waals surface area contributed by atoms with Crippen LogP contribution >= 0.6 is 0 Å². The molecule has 2 atom stereocenters. The molecule has 1 saturated heterocycles. The van der Waals surface area contributed by atoms with Crippen LogP contribution in [0, 0.1) is 5.92 Å². The first-order chi connectivity index (χ1) is 6.61. The molecule has 1 aliphatic rings. The average Bonchev–Trinajstić information content (AvgIpc) is 2.18. The van der Waals surface area contributed by atoms with Crippen LogP contribution in [0.3, 0.4) is 0 Å². The molecule has 1 aliphatic heterocycles. The number of carbonyl (C=O) groups is 2. The molecule has 2 unspecified atom stereocenters. The number of rotatable bonds is 3. The number of carboxylic acid groups (broad SMARTS) is 1. The summed E-state index contributed by atoms with van der Waals surface area (Å²) in [6.45, 7) is 2.15. The third kappa shape index (κ3) is 2.99. The van der Waals surface area contributed by atoms with Crippen molar-refractivity contribution in [1.29, 1.82) is 0 Å². The fraction of sp³-hybridized carbons (Fsp3) is 0.778. The van der Waals surface area contributed by atoms with Gasteiger partial charge in [0.15, 0.2) is 12.1 Å². The van der Waals surface area contributed by atoms with Crippen LogP contribution in [-0.2, 0) is 14.3 Å². The number of aliphatic carboxylic acids is 1. The third-order valence-electron chi connectivity index (χ3n) is 2.25. The molecule has 1 rings (SSSR count). The predicted molar refractivity (Wildman–Crippen MR) is 48.5 cm³/mol. The standard InChI is InChI=1S/C9H15NO4/c1-6(8(11)12)9(13)14-7-4-2-3-5-10-7/h6-7,10H,2-5H2,1H3,(H,11,12). The molecule has 0 radical (unpaired) electrons. The van der Waals surface area contributed by atoms with Gasteiger partial charge in [0.1, 0.15) is 0 Å². The minimum atomic E-state index is -1.15. The zero-order valence-electron chi connectivity index (χ0n) is 8.16. The van der Waals surface area contributed by atoms with Crippen LogP contribution in [0.1, 0.15) is 26.2 Å². The summed E-state index contributed by atoms with van der Waals surface area (Å²) in [7, 11) is 0. The van der Waals surface area contributed by atoms with Crippen molar-refractivity contribution in [3.63, 3.8) is 0 Å². The highest BCUT2D eigenvalue weighted by Crippen LogP contribution is 2.10. The summed E-state index contributed by atoms with van der Waals surface area (Å²) >= 11 is 0. The third-order valence-corrected chi connectivity index (χ3v) is 2.25. The average molecular weight is 201 g/mol. The minimum Gasteiger partial charge on any atom is -0.481 e. The predicted octanol–water partition coefficient (Wildman–Crippen LogP) is 0.350. The van der Waals surface area contributed by atoms with E-state index in [1.54, 1.807) is 0 Å². The van der Waals surface area contributed by atoms with Crippen molar-refractivity contribution in [2.24, 2.45) is 5.92 Å². The Bertz CT molecular complexity index is 223. The maximum atomic E-state index is 11.2. The van der Waals surface area contributed by atoms with Gasteiger partial charge in [0, 0.05) is 0 Å². The van der Waals surface area contributed by atoms with Crippen LogP contribution in [0.5, 0.6) is 0 Å². The van der Waals surface area contributed by atoms with Gasteiger partial charge in [-0.15, -0.1) is 0 Å². The van der Waals surface area contributed by atoms with E-state index in [0.717, 1.165) is 25.8 Å². The molecule has 0 aliphatic carbocycles. The first-order valence-corrected chi connectivity index (χ1v) is 4.78. The molecule has 0 bridgehead atoms. The van der Waals surface area contributed by atoms with Gasteiger partial charge >= 0.3 is 11.9 Å². The highest BCUT2D eigenvalue weighted by Gasteiger charge is 2.25. The Hall–Kier alpha value is -1.10. The summed E-state index contributed by atoms with van der Waals surface area (Å²) in [5.74, 6) is -2.90. The van der Waals surface area contributed by atoms with Crippen LogP contribution in [0.2, 0.25) is 0 Å². The van der Waals surface area contributed by atoms with Crippen LogP contribution in [0.25, 0.3) is 0 Å². The minimum absolute atomic E-state index is 0.307. The van der Waals surface area contributed by atoms with Gasteiger partial charge in [0.05, 0.1) is 0 Å². The zero-order chi connectivity index (χ0) is 10.6. The van der Waals surface area contributed by atoms with Crippen LogP contribution in [-0.4, -0.2) is 29.8 Å². The van der Waals surface area contributed by atoms with E-state index < -0.39 is 17.9 Å². The Balaban J connectivity index is 2.35. The number of carbonyl (C=O) groups excluding carboxylic acids is 1. The van der Waals surface area contributed by atoms with Crippen LogP contribution in [0.4, 0.5) is 0 Å². The van der Waals surface area contributed by atoms with E-state index in [0.29, 0.717) is 0 Å². The molecular formula is C9H15NO4. The first kappa shape index (κ1) is 11.0. The summed E-state index contributed by atoms with van der Waals surface area (Å²) in [6, 6.07) is 0. The Morgan fingerprint density at radius 3 is 2.71 bits per heavy atom. The van der Waals surface area contributed by atoms with Gasteiger partial charge in [-0.25, -0.2) is 0 Å². The van der Waals surface area contributed by atoms with E-state index in [-0.39, 0.29) is 6.23 Å². The second-order valence-corrected chi connectivity index (χ2v) is 3.44. The summed E-state index contributed by atoms with van der Waals surface area (Å²) in [4.78, 5) is 21.7. The normalized spacial score (nSPS) is 23.9. The van der Waals surface area contributed by atoms with Gasteiger partial charge < -0.3 is 9.84 Å². The Morgan fingerprint density at radius 1 is 1.50 bits per heavy atom. The molecule has 80 valence electrons. The maximum Gasteiger partial charge on any atom is 0.321 e. The van der Waals surface area contributed by atoms with Crippen LogP contribution in [0.15, 0.2) is 0 Å². The molecule has 1 fully saturated rings. The van der Waals surface area contributed by atoms with Crippen LogP contribution < -0.4 is 5.32 Å². The topological polar surface area (TPSA) is 75.6 Å². The van der Waals surface area contributed by atoms with Crippen molar-refractivity contribution in [2.75, 3.05) is 6.54 Å². The lowest BCUT2D eigenvalue weighted by Crippen LogP contribution is -2.39. The molecule has 0 spiro atoms. The highest BCUT2D eigenvalue weighted by atomic mass is 16.6. The fourth-order valence-electron chi connectivity index (χ4n) is 1.26. The largest absolute Gasteiger partial charge is 0.481 e. The van der Waals surface area contributed by atoms with Crippen molar-refractivity contribution in [2.45, 2.75) is 32.4 Å². The number of nitrogens with one attached hydrogen (secondary N) is 1. The van der Waals surface area contributed by atoms with E-state index in [1.807, 2.05) is 0 Å². The summed E-state index contributed by atoms with van der Waals surface area (Å²) < 4.78 is 4.98. The van der Waals surface area contributed by atoms with Crippen molar-refractivity contribution in [1.82, 2.24) is 5.32 Å². The van der Waals surface area contributed by atoms with E-state index in [1.165, 1.54) is 6.92 Å². The number of hydrogen-bond donors (Lipinski definition) is 2. The lowest BCUT2D eigenvalue weighted by atomic mass is 10.1. The number of piperidine rings is 1. The Kier molecular flexibility index (Phi) is 3.88. The highest BCUT2D eigenvalue weighted by molar-refractivity contribution is 5.93. The van der Waals surface area contributed by atoms with Crippen molar-refractivity contribution < 1.29 is 19.4 Å². The smallest absolute Gasteiger partial charge is 0.321 e. The SMILES string of the molecule is CC(C(=O)O)C(=O)OC1CCCCN1. The molecule has 0 aromatic rings. The van der Waals surface area contributed by atoms with E-state index in [4.69, 9.17) is 9.84 Å². The van der Waals surface area contributed by atoms with Crippen molar-refractivity contribution >= 4 is 11.9 Å². The quantitative estimate of drug-likeness (QED) is 0.509. The molecule has 1 heterocycles. The van der Waals surface area contributed by atoms with Gasteiger partial charge in [-0.05, 0) is 32.7 Å². The molecule has 0 aromatic carbocycles. The van der Waals surface area contributed by atoms with E-state index in [9.17, 15) is 9.59 Å². The number of ether oxygens (including phenoxy) is 1. The van der Waals surface area contributed by atoms with E-state index >= 15 is 0 Å². The number of carboxylic acids is 1. The monoisotopic (exact) mass is 201 g/mol. The van der Waals surface area contributed by atoms with Gasteiger partial charge in [-0.3, -0.25) is 14.9 Å². The van der Waals surface area contributed by atoms with Gasteiger partial charge in [0.2, 0.25) is 0 Å². The molecule has 0 amide bonds. The molecule has 5 heteroatoms. The summed E-state index contributed by atoms with van der Waals surface area (Å²) in [5.41, 5.74) is 0. The molecular weight excluding hydrogens is 186 g/mol. The maximum absolute atomic E-state index is 11.2.